The Balaban J connectivity index is 1.15. The molecule has 0 saturated heterocycles. The Bertz CT molecular complexity index is 2310. The first-order valence-corrected chi connectivity index (χ1v) is 20.0. The molecule has 55 heavy (non-hydrogen) atoms. The van der Waals surface area contributed by atoms with Crippen molar-refractivity contribution in [1.82, 2.24) is 15.3 Å². The molecule has 2 saturated carbocycles. The van der Waals surface area contributed by atoms with E-state index in [1.165, 1.54) is 17.6 Å². The first kappa shape index (κ1) is 38.3. The lowest BCUT2D eigenvalue weighted by molar-refractivity contribution is -0.189. The molecule has 0 radical (unpaired) electrons. The molecule has 286 valence electrons. The number of fused-ring (bicyclic) bond motifs is 4. The lowest BCUT2D eigenvalue weighted by Gasteiger charge is -2.61. The Labute approximate surface area is 327 Å². The van der Waals surface area contributed by atoms with Crippen LogP contribution in [0.5, 0.6) is 0 Å². The maximum Gasteiger partial charge on any atom is 0.355 e. The summed E-state index contributed by atoms with van der Waals surface area (Å²) in [5, 5.41) is 27.5. The van der Waals surface area contributed by atoms with E-state index in [4.69, 9.17) is 10.1 Å². The molecule has 2 aromatic heterocycles. The Kier molecular flexibility index (Phi) is 10.2. The van der Waals surface area contributed by atoms with Gasteiger partial charge in [-0.25, -0.2) is 14.8 Å². The van der Waals surface area contributed by atoms with E-state index in [-0.39, 0.29) is 33.4 Å². The van der Waals surface area contributed by atoms with Crippen LogP contribution < -0.4 is 10.6 Å². The SMILES string of the molecule is CCCOC12CC(C)(C)CC(C)(CC(C)(CN/C(C)=C(\C=N)c3ccc(-c4ccc5cccc(C(=O)Nc6nc7ccccc7s6)c5c4)nc3C(=O)O)C1)C2. The highest BCUT2D eigenvalue weighted by molar-refractivity contribution is 7.22. The van der Waals surface area contributed by atoms with Crippen LogP contribution in [0.3, 0.4) is 0 Å². The largest absolute Gasteiger partial charge is 0.476 e. The molecular formula is C45H51N5O4S. The quantitative estimate of drug-likeness (QED) is 0.0930. The van der Waals surface area contributed by atoms with Gasteiger partial charge < -0.3 is 20.6 Å². The minimum atomic E-state index is -1.18. The van der Waals surface area contributed by atoms with Gasteiger partial charge in [0, 0.05) is 47.3 Å². The summed E-state index contributed by atoms with van der Waals surface area (Å²) >= 11 is 1.41. The maximum absolute atomic E-state index is 13.6. The van der Waals surface area contributed by atoms with Crippen molar-refractivity contribution in [3.05, 3.63) is 95.3 Å². The first-order valence-electron chi connectivity index (χ1n) is 19.2. The van der Waals surface area contributed by atoms with E-state index in [2.05, 4.69) is 55.2 Å². The van der Waals surface area contributed by atoms with E-state index in [9.17, 15) is 14.7 Å². The van der Waals surface area contributed by atoms with Gasteiger partial charge in [0.05, 0.1) is 21.5 Å². The van der Waals surface area contributed by atoms with Gasteiger partial charge in [-0.15, -0.1) is 0 Å². The number of aromatic nitrogens is 2. The standard InChI is InChI=1S/C45H51N5O4S/c1-7-19-54-45-23-42(3,4)22-43(5,25-45)24-44(6,26-45)27-47-28(2)34(21-46)31-17-18-35(48-38(31)40(52)53)30-16-15-29-11-10-12-32(33(29)20-30)39(51)50-41-49-36-13-8-9-14-37(36)55-41/h8-18,20-21,46-47H,7,19,22-27H2,1-6H3,(H,52,53)(H,49,50,51)/b34-28+,46-21?. The number of nitrogens with one attached hydrogen (secondary N) is 3. The van der Waals surface area contributed by atoms with Crippen LogP contribution in [0.25, 0.3) is 37.8 Å². The van der Waals surface area contributed by atoms with E-state index in [0.717, 1.165) is 66.4 Å². The topological polar surface area (TPSA) is 137 Å². The van der Waals surface area contributed by atoms with Crippen molar-refractivity contribution in [2.24, 2.45) is 16.2 Å². The van der Waals surface area contributed by atoms with Crippen LogP contribution in [-0.4, -0.2) is 51.9 Å². The molecule has 2 aliphatic rings. The molecule has 3 unspecified atom stereocenters. The zero-order valence-electron chi connectivity index (χ0n) is 32.6. The predicted molar refractivity (Wildman–Crippen MR) is 223 cm³/mol. The van der Waals surface area contributed by atoms with Crippen LogP contribution in [0, 0.1) is 21.7 Å². The molecule has 1 amide bonds. The van der Waals surface area contributed by atoms with Gasteiger partial charge in [-0.2, -0.15) is 0 Å². The van der Waals surface area contributed by atoms with Crippen LogP contribution >= 0.6 is 11.3 Å². The molecule has 2 fully saturated rings. The van der Waals surface area contributed by atoms with Gasteiger partial charge in [-0.1, -0.05) is 82.4 Å². The number of hydrogen-bond acceptors (Lipinski definition) is 8. The lowest BCUT2D eigenvalue weighted by atomic mass is 9.48. The maximum atomic E-state index is 13.6. The van der Waals surface area contributed by atoms with E-state index < -0.39 is 5.97 Å². The molecule has 4 N–H and O–H groups in total. The number of carbonyl (C=O) groups excluding carboxylic acids is 1. The van der Waals surface area contributed by atoms with Gasteiger partial charge in [0.1, 0.15) is 0 Å². The highest BCUT2D eigenvalue weighted by Gasteiger charge is 2.57. The van der Waals surface area contributed by atoms with E-state index in [1.807, 2.05) is 61.5 Å². The molecule has 7 rings (SSSR count). The van der Waals surface area contributed by atoms with Gasteiger partial charge in [0.25, 0.3) is 5.91 Å². The molecule has 2 bridgehead atoms. The zero-order chi connectivity index (χ0) is 39.2. The fourth-order valence-electron chi connectivity index (χ4n) is 10.3. The number of anilines is 1. The number of rotatable bonds is 12. The number of ether oxygens (including phenoxy) is 1. The minimum Gasteiger partial charge on any atom is -0.476 e. The van der Waals surface area contributed by atoms with Crippen LogP contribution in [-0.2, 0) is 4.74 Å². The molecule has 0 aliphatic heterocycles. The summed E-state index contributed by atoms with van der Waals surface area (Å²) in [4.78, 5) is 35.5. The molecule has 5 aromatic rings. The van der Waals surface area contributed by atoms with Crippen molar-refractivity contribution in [3.8, 4) is 11.3 Å². The van der Waals surface area contributed by atoms with Gasteiger partial charge in [-0.05, 0) is 109 Å². The molecule has 10 heteroatoms. The molecule has 3 atom stereocenters. The van der Waals surface area contributed by atoms with Crippen molar-refractivity contribution < 1.29 is 19.4 Å². The third-order valence-corrected chi connectivity index (χ3v) is 12.3. The fraction of sp³-hybridized carbons (Fsp3) is 0.400. The summed E-state index contributed by atoms with van der Waals surface area (Å²) in [5.41, 5.74) is 4.02. The number of carboxylic acids is 1. The second kappa shape index (κ2) is 14.6. The third-order valence-electron chi connectivity index (χ3n) is 11.3. The Morgan fingerprint density at radius 3 is 2.47 bits per heavy atom. The van der Waals surface area contributed by atoms with Gasteiger partial charge >= 0.3 is 5.97 Å². The van der Waals surface area contributed by atoms with Crippen LogP contribution in [0.2, 0.25) is 0 Å². The normalized spacial score (nSPS) is 23.6. The highest BCUT2D eigenvalue weighted by Crippen LogP contribution is 2.62. The molecule has 3 aromatic carbocycles. The second-order valence-corrected chi connectivity index (χ2v) is 18.3. The van der Waals surface area contributed by atoms with Crippen LogP contribution in [0.4, 0.5) is 5.13 Å². The Morgan fingerprint density at radius 2 is 1.73 bits per heavy atom. The number of carboxylic acid groups (broad SMARTS) is 1. The Morgan fingerprint density at radius 1 is 0.927 bits per heavy atom. The molecule has 2 aliphatic carbocycles. The van der Waals surface area contributed by atoms with Crippen molar-refractivity contribution >= 4 is 61.1 Å². The minimum absolute atomic E-state index is 0.0520. The molecule has 2 heterocycles. The summed E-state index contributed by atoms with van der Waals surface area (Å²) in [6, 6.07) is 22.4. The number of amides is 1. The van der Waals surface area contributed by atoms with Gasteiger partial charge in [-0.3, -0.25) is 10.1 Å². The Hall–Kier alpha value is -4.93. The van der Waals surface area contributed by atoms with Crippen molar-refractivity contribution in [2.45, 2.75) is 85.7 Å². The van der Waals surface area contributed by atoms with Crippen molar-refractivity contribution in [1.29, 1.82) is 5.41 Å². The first-order chi connectivity index (χ1) is 26.1. The number of para-hydroxylation sites is 1. The van der Waals surface area contributed by atoms with Crippen molar-refractivity contribution in [2.75, 3.05) is 18.5 Å². The summed E-state index contributed by atoms with van der Waals surface area (Å²) in [7, 11) is 0. The number of hydrogen-bond donors (Lipinski definition) is 4. The van der Waals surface area contributed by atoms with Gasteiger partial charge in [0.15, 0.2) is 10.8 Å². The zero-order valence-corrected chi connectivity index (χ0v) is 33.5. The van der Waals surface area contributed by atoms with Gasteiger partial charge in [0.2, 0.25) is 0 Å². The smallest absolute Gasteiger partial charge is 0.355 e. The average molecular weight is 758 g/mol. The monoisotopic (exact) mass is 757 g/mol. The summed E-state index contributed by atoms with van der Waals surface area (Å²) < 4.78 is 7.71. The molecule has 0 spiro atoms. The summed E-state index contributed by atoms with van der Waals surface area (Å²) in [6.07, 6.45) is 7.50. The number of carbonyl (C=O) groups is 2. The number of nitrogens with zero attached hydrogens (tertiary/aromatic N) is 2. The number of allylic oxidation sites excluding steroid dienone is 2. The molecule has 9 nitrogen and oxygen atoms in total. The van der Waals surface area contributed by atoms with Crippen molar-refractivity contribution in [3.63, 3.8) is 0 Å². The predicted octanol–water partition coefficient (Wildman–Crippen LogP) is 10.6. The highest BCUT2D eigenvalue weighted by atomic mass is 32.1. The number of pyridine rings is 1. The molecular weight excluding hydrogens is 707 g/mol. The second-order valence-electron chi connectivity index (χ2n) is 17.3. The van der Waals surface area contributed by atoms with E-state index in [0.29, 0.717) is 45.0 Å². The van der Waals surface area contributed by atoms with Crippen LogP contribution in [0.15, 0.2) is 78.5 Å². The lowest BCUT2D eigenvalue weighted by Crippen LogP contribution is -2.58. The van der Waals surface area contributed by atoms with E-state index >= 15 is 0 Å². The summed E-state index contributed by atoms with van der Waals surface area (Å²) in [5.74, 6) is -1.47. The summed E-state index contributed by atoms with van der Waals surface area (Å²) in [6.45, 7) is 15.0. The fourth-order valence-corrected chi connectivity index (χ4v) is 11.1. The number of benzene rings is 3. The average Bonchev–Trinajstić information content (AvgIpc) is 3.54. The number of aromatic carboxylic acids is 1. The van der Waals surface area contributed by atoms with Crippen LogP contribution in [0.1, 0.15) is 106 Å². The third kappa shape index (κ3) is 7.93. The van der Waals surface area contributed by atoms with E-state index in [1.54, 1.807) is 18.2 Å². The number of thiazole rings is 1.